The molecule has 0 radical (unpaired) electrons. The molecule has 0 saturated carbocycles. The number of nitrogens with one attached hydrogen (secondary N) is 1. The molecule has 0 unspecified atom stereocenters. The van der Waals surface area contributed by atoms with Crippen molar-refractivity contribution < 1.29 is 13.2 Å². The Morgan fingerprint density at radius 1 is 0.909 bits per heavy atom. The molecule has 3 aromatic carbocycles. The van der Waals surface area contributed by atoms with Gasteiger partial charge in [-0.05, 0) is 93.3 Å². The lowest BCUT2D eigenvalue weighted by molar-refractivity contribution is -0.120. The number of halogens is 1. The third-order valence-corrected chi connectivity index (χ3v) is 7.78. The number of carbonyl (C=O) groups excluding carboxylic acids is 1. The number of aryl methyl sites for hydroxylation is 4. The zero-order chi connectivity index (χ0) is 24.3. The van der Waals surface area contributed by atoms with Gasteiger partial charge in [0, 0.05) is 5.02 Å². The normalized spacial score (nSPS) is 12.3. The fourth-order valence-corrected chi connectivity index (χ4v) is 5.25. The van der Waals surface area contributed by atoms with Crippen LogP contribution in [0.15, 0.2) is 65.6 Å². The molecule has 174 valence electrons. The SMILES string of the molecule is Cc1ccc(N(CC(=O)N[C@@H](C)c2cc(C)c(C)cc2C)S(=O)(=O)c2ccc(Cl)cc2)cc1. The van der Waals surface area contributed by atoms with Crippen molar-refractivity contribution in [1.82, 2.24) is 5.32 Å². The molecule has 7 heteroatoms. The number of benzene rings is 3. The highest BCUT2D eigenvalue weighted by molar-refractivity contribution is 7.92. The number of hydrogen-bond acceptors (Lipinski definition) is 3. The van der Waals surface area contributed by atoms with E-state index in [1.165, 1.54) is 29.8 Å². The molecule has 0 aliphatic rings. The van der Waals surface area contributed by atoms with E-state index in [2.05, 4.69) is 24.4 Å². The zero-order valence-electron chi connectivity index (χ0n) is 19.5. The van der Waals surface area contributed by atoms with E-state index in [9.17, 15) is 13.2 Å². The monoisotopic (exact) mass is 484 g/mol. The smallest absolute Gasteiger partial charge is 0.264 e. The number of sulfonamides is 1. The molecule has 1 N–H and O–H groups in total. The Kier molecular flexibility index (Phi) is 7.50. The summed E-state index contributed by atoms with van der Waals surface area (Å²) in [7, 11) is -3.99. The van der Waals surface area contributed by atoms with Crippen LogP contribution in [0.2, 0.25) is 5.02 Å². The first kappa shape index (κ1) is 24.8. The highest BCUT2D eigenvalue weighted by atomic mass is 35.5. The summed E-state index contributed by atoms with van der Waals surface area (Å²) >= 11 is 5.94. The summed E-state index contributed by atoms with van der Waals surface area (Å²) in [6, 6.07) is 16.9. The molecule has 0 aliphatic heterocycles. The zero-order valence-corrected chi connectivity index (χ0v) is 21.1. The molecule has 0 aromatic heterocycles. The lowest BCUT2D eigenvalue weighted by Gasteiger charge is -2.26. The first-order chi connectivity index (χ1) is 15.5. The van der Waals surface area contributed by atoms with Crippen LogP contribution in [0.1, 0.15) is 40.8 Å². The first-order valence-corrected chi connectivity index (χ1v) is 12.5. The van der Waals surface area contributed by atoms with Crippen molar-refractivity contribution in [3.8, 4) is 0 Å². The van der Waals surface area contributed by atoms with Crippen molar-refractivity contribution in [2.45, 2.75) is 45.6 Å². The predicted molar refractivity (Wildman–Crippen MR) is 134 cm³/mol. The van der Waals surface area contributed by atoms with Crippen LogP contribution in [-0.2, 0) is 14.8 Å². The van der Waals surface area contributed by atoms with Crippen LogP contribution in [0.4, 0.5) is 5.69 Å². The van der Waals surface area contributed by atoms with Crippen LogP contribution < -0.4 is 9.62 Å². The molecule has 1 atom stereocenters. The summed E-state index contributed by atoms with van der Waals surface area (Å²) < 4.78 is 28.0. The maximum absolute atomic E-state index is 13.5. The highest BCUT2D eigenvalue weighted by Gasteiger charge is 2.28. The number of nitrogens with zero attached hydrogens (tertiary/aromatic N) is 1. The summed E-state index contributed by atoms with van der Waals surface area (Å²) in [5, 5.41) is 3.40. The van der Waals surface area contributed by atoms with Gasteiger partial charge in [-0.1, -0.05) is 41.4 Å². The average molecular weight is 485 g/mol. The van der Waals surface area contributed by atoms with Crippen molar-refractivity contribution in [1.29, 1.82) is 0 Å². The summed E-state index contributed by atoms with van der Waals surface area (Å²) in [4.78, 5) is 13.1. The fraction of sp³-hybridized carbons (Fsp3) is 0.269. The number of carbonyl (C=O) groups is 1. The summed E-state index contributed by atoms with van der Waals surface area (Å²) in [6.45, 7) is 9.57. The maximum Gasteiger partial charge on any atom is 0.264 e. The first-order valence-electron chi connectivity index (χ1n) is 10.7. The lowest BCUT2D eigenvalue weighted by Crippen LogP contribution is -2.41. The van der Waals surface area contributed by atoms with E-state index in [0.717, 1.165) is 26.6 Å². The van der Waals surface area contributed by atoms with Gasteiger partial charge in [-0.3, -0.25) is 9.10 Å². The molecule has 5 nitrogen and oxygen atoms in total. The van der Waals surface area contributed by atoms with E-state index in [4.69, 9.17) is 11.6 Å². The van der Waals surface area contributed by atoms with Crippen LogP contribution in [0.3, 0.4) is 0 Å². The molecule has 0 saturated heterocycles. The van der Waals surface area contributed by atoms with E-state index in [0.29, 0.717) is 10.7 Å². The van der Waals surface area contributed by atoms with Crippen LogP contribution in [-0.4, -0.2) is 20.9 Å². The van der Waals surface area contributed by atoms with Crippen molar-refractivity contribution in [3.05, 3.63) is 93.5 Å². The molecule has 3 aromatic rings. The highest BCUT2D eigenvalue weighted by Crippen LogP contribution is 2.26. The number of rotatable bonds is 7. The van der Waals surface area contributed by atoms with Crippen molar-refractivity contribution in [2.75, 3.05) is 10.8 Å². The molecule has 0 spiro atoms. The number of amides is 1. The van der Waals surface area contributed by atoms with E-state index < -0.39 is 15.9 Å². The standard InChI is InChI=1S/C26H29ClN2O3S/c1-17-6-10-23(11-7-17)29(33(31,32)24-12-8-22(27)9-13-24)16-26(30)28-21(5)25-15-19(3)18(2)14-20(25)4/h6-15,21H,16H2,1-5H3,(H,28,30)/t21-/m0/s1. The molecular formula is C26H29ClN2O3S. The Hall–Kier alpha value is -2.83. The van der Waals surface area contributed by atoms with Gasteiger partial charge in [-0.25, -0.2) is 8.42 Å². The van der Waals surface area contributed by atoms with Gasteiger partial charge in [0.15, 0.2) is 0 Å². The maximum atomic E-state index is 13.5. The van der Waals surface area contributed by atoms with E-state index in [1.807, 2.05) is 39.8 Å². The third kappa shape index (κ3) is 5.75. The van der Waals surface area contributed by atoms with Crippen LogP contribution in [0, 0.1) is 27.7 Å². The molecule has 0 fully saturated rings. The van der Waals surface area contributed by atoms with Gasteiger partial charge in [0.25, 0.3) is 10.0 Å². The van der Waals surface area contributed by atoms with E-state index >= 15 is 0 Å². The van der Waals surface area contributed by atoms with Crippen LogP contribution in [0.25, 0.3) is 0 Å². The minimum atomic E-state index is -3.99. The van der Waals surface area contributed by atoms with Crippen molar-refractivity contribution in [2.24, 2.45) is 0 Å². The molecular weight excluding hydrogens is 456 g/mol. The number of anilines is 1. The Balaban J connectivity index is 1.90. The van der Waals surface area contributed by atoms with Gasteiger partial charge in [0.1, 0.15) is 6.54 Å². The third-order valence-electron chi connectivity index (χ3n) is 5.74. The Labute approximate surface area is 201 Å². The minimum Gasteiger partial charge on any atom is -0.348 e. The molecule has 3 rings (SSSR count). The van der Waals surface area contributed by atoms with Crippen LogP contribution in [0.5, 0.6) is 0 Å². The second-order valence-electron chi connectivity index (χ2n) is 8.38. The van der Waals surface area contributed by atoms with Gasteiger partial charge < -0.3 is 5.32 Å². The number of hydrogen-bond donors (Lipinski definition) is 1. The van der Waals surface area contributed by atoms with Gasteiger partial charge >= 0.3 is 0 Å². The molecule has 0 heterocycles. The van der Waals surface area contributed by atoms with Gasteiger partial charge in [0.05, 0.1) is 16.6 Å². The second-order valence-corrected chi connectivity index (χ2v) is 10.7. The Morgan fingerprint density at radius 2 is 1.48 bits per heavy atom. The summed E-state index contributed by atoms with van der Waals surface area (Å²) in [5.74, 6) is -0.391. The van der Waals surface area contributed by atoms with E-state index in [1.54, 1.807) is 12.1 Å². The van der Waals surface area contributed by atoms with Crippen molar-refractivity contribution >= 4 is 33.2 Å². The van der Waals surface area contributed by atoms with Gasteiger partial charge in [-0.2, -0.15) is 0 Å². The largest absolute Gasteiger partial charge is 0.348 e. The van der Waals surface area contributed by atoms with Gasteiger partial charge in [-0.15, -0.1) is 0 Å². The van der Waals surface area contributed by atoms with Crippen molar-refractivity contribution in [3.63, 3.8) is 0 Å². The van der Waals surface area contributed by atoms with Crippen LogP contribution >= 0.6 is 11.6 Å². The quantitative estimate of drug-likeness (QED) is 0.471. The molecule has 0 bridgehead atoms. The van der Waals surface area contributed by atoms with E-state index in [-0.39, 0.29) is 17.5 Å². The minimum absolute atomic E-state index is 0.0679. The lowest BCUT2D eigenvalue weighted by atomic mass is 9.96. The topological polar surface area (TPSA) is 66.5 Å². The second kappa shape index (κ2) is 9.98. The molecule has 0 aliphatic carbocycles. The fourth-order valence-electron chi connectivity index (χ4n) is 3.70. The molecule has 1 amide bonds. The summed E-state index contributed by atoms with van der Waals surface area (Å²) in [5.41, 5.74) is 5.83. The summed E-state index contributed by atoms with van der Waals surface area (Å²) in [6.07, 6.45) is 0. The predicted octanol–water partition coefficient (Wildman–Crippen LogP) is 5.65. The van der Waals surface area contributed by atoms with Gasteiger partial charge in [0.2, 0.25) is 5.91 Å². The molecule has 33 heavy (non-hydrogen) atoms. The Bertz CT molecular complexity index is 1250. The average Bonchev–Trinajstić information content (AvgIpc) is 2.75. The Morgan fingerprint density at radius 3 is 2.09 bits per heavy atom.